The minimum atomic E-state index is 0.785. The third-order valence-electron chi connectivity index (χ3n) is 3.20. The van der Waals surface area contributed by atoms with Crippen LogP contribution in [0.2, 0.25) is 0 Å². The number of hydrogen-bond donors (Lipinski definition) is 1. The van der Waals surface area contributed by atoms with Crippen molar-refractivity contribution in [1.82, 2.24) is 20.1 Å². The van der Waals surface area contributed by atoms with Gasteiger partial charge in [0, 0.05) is 18.1 Å². The van der Waals surface area contributed by atoms with Gasteiger partial charge in [-0.25, -0.2) is 9.67 Å². The summed E-state index contributed by atoms with van der Waals surface area (Å²) in [5.74, 6) is 0. The summed E-state index contributed by atoms with van der Waals surface area (Å²) in [7, 11) is 0. The van der Waals surface area contributed by atoms with Gasteiger partial charge in [-0.3, -0.25) is 0 Å². The van der Waals surface area contributed by atoms with Crippen LogP contribution >= 0.6 is 11.3 Å². The van der Waals surface area contributed by atoms with E-state index in [2.05, 4.69) is 45.2 Å². The van der Waals surface area contributed by atoms with Gasteiger partial charge in [0.05, 0.1) is 12.7 Å². The molecule has 3 aromatic heterocycles. The molecule has 0 spiro atoms. The Morgan fingerprint density at radius 2 is 2.25 bits per heavy atom. The predicted molar refractivity (Wildman–Crippen MR) is 82.9 cm³/mol. The summed E-state index contributed by atoms with van der Waals surface area (Å²) in [4.78, 5) is 4.56. The molecule has 4 nitrogen and oxygen atoms in total. The molecule has 0 atom stereocenters. The van der Waals surface area contributed by atoms with Crippen LogP contribution in [0.1, 0.15) is 24.5 Å². The Morgan fingerprint density at radius 1 is 1.30 bits per heavy atom. The first-order valence-corrected chi connectivity index (χ1v) is 7.83. The van der Waals surface area contributed by atoms with Gasteiger partial charge < -0.3 is 5.32 Å². The second kappa shape index (κ2) is 6.15. The van der Waals surface area contributed by atoms with Crippen LogP contribution in [0.15, 0.2) is 35.3 Å². The van der Waals surface area contributed by atoms with Crippen LogP contribution in [0.5, 0.6) is 0 Å². The molecular formula is C15H18N4S. The Balaban J connectivity index is 1.79. The largest absolute Gasteiger partial charge is 0.313 e. The lowest BCUT2D eigenvalue weighted by Crippen LogP contribution is -2.13. The summed E-state index contributed by atoms with van der Waals surface area (Å²) in [5, 5.41) is 13.2. The third kappa shape index (κ3) is 2.89. The molecule has 0 radical (unpaired) electrons. The van der Waals surface area contributed by atoms with E-state index >= 15 is 0 Å². The summed E-state index contributed by atoms with van der Waals surface area (Å²) in [5.41, 5.74) is 3.44. The summed E-state index contributed by atoms with van der Waals surface area (Å²) >= 11 is 1.71. The second-order valence-corrected chi connectivity index (χ2v) is 5.65. The zero-order valence-electron chi connectivity index (χ0n) is 11.5. The van der Waals surface area contributed by atoms with Crippen LogP contribution in [0.3, 0.4) is 0 Å². The third-order valence-corrected chi connectivity index (χ3v) is 3.93. The number of nitrogens with one attached hydrogen (secondary N) is 1. The van der Waals surface area contributed by atoms with Crippen LogP contribution in [-0.4, -0.2) is 21.3 Å². The van der Waals surface area contributed by atoms with Crippen LogP contribution in [0.25, 0.3) is 11.0 Å². The molecular weight excluding hydrogens is 268 g/mol. The molecule has 0 aliphatic rings. The second-order valence-electron chi connectivity index (χ2n) is 4.87. The first kappa shape index (κ1) is 13.3. The van der Waals surface area contributed by atoms with Crippen molar-refractivity contribution in [2.45, 2.75) is 26.4 Å². The van der Waals surface area contributed by atoms with E-state index in [0.29, 0.717) is 0 Å². The van der Waals surface area contributed by atoms with Gasteiger partial charge in [0.15, 0.2) is 5.65 Å². The van der Waals surface area contributed by atoms with Gasteiger partial charge in [-0.2, -0.15) is 16.4 Å². The van der Waals surface area contributed by atoms with E-state index in [1.807, 2.05) is 17.1 Å². The van der Waals surface area contributed by atoms with E-state index in [1.165, 1.54) is 11.1 Å². The van der Waals surface area contributed by atoms with Crippen molar-refractivity contribution in [3.63, 3.8) is 0 Å². The Hall–Kier alpha value is -1.72. The van der Waals surface area contributed by atoms with Crippen LogP contribution in [-0.2, 0) is 13.1 Å². The highest BCUT2D eigenvalue weighted by Gasteiger charge is 2.06. The van der Waals surface area contributed by atoms with Gasteiger partial charge >= 0.3 is 0 Å². The van der Waals surface area contributed by atoms with Crippen molar-refractivity contribution in [1.29, 1.82) is 0 Å². The molecule has 3 heterocycles. The molecule has 0 amide bonds. The molecule has 0 bridgehead atoms. The average molecular weight is 286 g/mol. The van der Waals surface area contributed by atoms with E-state index in [0.717, 1.165) is 37.1 Å². The Labute approximate surface area is 122 Å². The van der Waals surface area contributed by atoms with Gasteiger partial charge in [0.1, 0.15) is 0 Å². The molecule has 0 aromatic carbocycles. The lowest BCUT2D eigenvalue weighted by Gasteiger charge is -2.04. The van der Waals surface area contributed by atoms with Gasteiger partial charge in [0.2, 0.25) is 0 Å². The number of thiophene rings is 1. The van der Waals surface area contributed by atoms with E-state index < -0.39 is 0 Å². The highest BCUT2D eigenvalue weighted by Crippen LogP contribution is 2.15. The molecule has 3 rings (SSSR count). The van der Waals surface area contributed by atoms with Crippen LogP contribution in [0, 0.1) is 0 Å². The van der Waals surface area contributed by atoms with Gasteiger partial charge in [-0.1, -0.05) is 6.92 Å². The minimum Gasteiger partial charge on any atom is -0.313 e. The molecule has 0 aliphatic heterocycles. The monoisotopic (exact) mass is 286 g/mol. The fourth-order valence-corrected chi connectivity index (χ4v) is 2.85. The SMILES string of the molecule is CCCNCc1cnc2c(cnn2Cc2ccsc2)c1. The molecule has 3 aromatic rings. The molecule has 5 heteroatoms. The standard InChI is InChI=1S/C15H18N4S/c1-2-4-16-7-13-6-14-9-18-19(15(14)17-8-13)10-12-3-5-20-11-12/h3,5-6,8-9,11,16H,2,4,7,10H2,1H3. The first-order valence-electron chi connectivity index (χ1n) is 6.89. The van der Waals surface area contributed by atoms with E-state index in [1.54, 1.807) is 11.3 Å². The van der Waals surface area contributed by atoms with Crippen molar-refractivity contribution in [2.75, 3.05) is 6.54 Å². The van der Waals surface area contributed by atoms with Crippen molar-refractivity contribution in [2.24, 2.45) is 0 Å². The number of pyridine rings is 1. The van der Waals surface area contributed by atoms with E-state index in [4.69, 9.17) is 0 Å². The fraction of sp³-hybridized carbons (Fsp3) is 0.333. The first-order chi connectivity index (χ1) is 9.86. The fourth-order valence-electron chi connectivity index (χ4n) is 2.19. The summed E-state index contributed by atoms with van der Waals surface area (Å²) in [6, 6.07) is 4.29. The van der Waals surface area contributed by atoms with E-state index in [-0.39, 0.29) is 0 Å². The lowest BCUT2D eigenvalue weighted by atomic mass is 10.2. The maximum Gasteiger partial charge on any atom is 0.158 e. The predicted octanol–water partition coefficient (Wildman–Crippen LogP) is 3.04. The summed E-state index contributed by atoms with van der Waals surface area (Å²) < 4.78 is 1.96. The maximum atomic E-state index is 4.56. The Bertz CT molecular complexity index is 672. The lowest BCUT2D eigenvalue weighted by molar-refractivity contribution is 0.673. The average Bonchev–Trinajstić information content (AvgIpc) is 3.10. The van der Waals surface area contributed by atoms with Crippen molar-refractivity contribution < 1.29 is 0 Å². The molecule has 104 valence electrons. The quantitative estimate of drug-likeness (QED) is 0.708. The number of aromatic nitrogens is 3. The summed E-state index contributed by atoms with van der Waals surface area (Å²) in [6.45, 7) is 4.86. The molecule has 0 unspecified atom stereocenters. The number of rotatable bonds is 6. The molecule has 1 N–H and O–H groups in total. The van der Waals surface area contributed by atoms with Crippen molar-refractivity contribution >= 4 is 22.4 Å². The normalized spacial score (nSPS) is 11.2. The number of fused-ring (bicyclic) bond motifs is 1. The van der Waals surface area contributed by atoms with Crippen molar-refractivity contribution in [3.8, 4) is 0 Å². The van der Waals surface area contributed by atoms with E-state index in [9.17, 15) is 0 Å². The zero-order valence-corrected chi connectivity index (χ0v) is 12.4. The van der Waals surface area contributed by atoms with Gasteiger partial charge in [-0.05, 0) is 47.0 Å². The zero-order chi connectivity index (χ0) is 13.8. The molecule has 0 fully saturated rings. The molecule has 20 heavy (non-hydrogen) atoms. The number of nitrogens with zero attached hydrogens (tertiary/aromatic N) is 3. The number of hydrogen-bond acceptors (Lipinski definition) is 4. The molecule has 0 saturated carbocycles. The Morgan fingerprint density at radius 3 is 3.05 bits per heavy atom. The molecule has 0 saturated heterocycles. The topological polar surface area (TPSA) is 42.7 Å². The molecule has 0 aliphatic carbocycles. The van der Waals surface area contributed by atoms with Crippen LogP contribution in [0.4, 0.5) is 0 Å². The van der Waals surface area contributed by atoms with Gasteiger partial charge in [-0.15, -0.1) is 0 Å². The van der Waals surface area contributed by atoms with Crippen LogP contribution < -0.4 is 5.32 Å². The Kier molecular flexibility index (Phi) is 4.08. The smallest absolute Gasteiger partial charge is 0.158 e. The minimum absolute atomic E-state index is 0.785. The highest BCUT2D eigenvalue weighted by molar-refractivity contribution is 7.07. The highest BCUT2D eigenvalue weighted by atomic mass is 32.1. The maximum absolute atomic E-state index is 4.56. The summed E-state index contributed by atoms with van der Waals surface area (Å²) in [6.07, 6.45) is 4.99. The van der Waals surface area contributed by atoms with Crippen molar-refractivity contribution in [3.05, 3.63) is 46.4 Å². The van der Waals surface area contributed by atoms with Gasteiger partial charge in [0.25, 0.3) is 0 Å².